The van der Waals surface area contributed by atoms with Crippen molar-refractivity contribution in [2.24, 2.45) is 5.92 Å². The van der Waals surface area contributed by atoms with Gasteiger partial charge in [0.15, 0.2) is 28.9 Å². The van der Waals surface area contributed by atoms with E-state index < -0.39 is 23.6 Å². The number of piperidine rings is 2. The lowest BCUT2D eigenvalue weighted by atomic mass is 9.95. The highest BCUT2D eigenvalue weighted by Crippen LogP contribution is 2.48. The van der Waals surface area contributed by atoms with Gasteiger partial charge in [0.25, 0.3) is 0 Å². The third-order valence-corrected chi connectivity index (χ3v) is 12.7. The summed E-state index contributed by atoms with van der Waals surface area (Å²) < 4.78 is 44.1. The topological polar surface area (TPSA) is 216 Å². The maximum atomic E-state index is 15.2. The van der Waals surface area contributed by atoms with E-state index in [4.69, 9.17) is 30.1 Å². The second-order valence-electron chi connectivity index (χ2n) is 18.5. The number of hydrogen-bond donors (Lipinski definition) is 3. The Morgan fingerprint density at radius 2 is 1.66 bits per heavy atom. The molecule has 4 fully saturated rings. The van der Waals surface area contributed by atoms with Crippen LogP contribution in [-0.4, -0.2) is 127 Å². The number of hydrogen-bond acceptors (Lipinski definition) is 15. The second-order valence-corrected chi connectivity index (χ2v) is 18.5. The molecule has 5 aromatic rings. The second kappa shape index (κ2) is 18.4. The third kappa shape index (κ3) is 9.64. The number of fused-ring (bicyclic) bond motifs is 1. The predicted molar refractivity (Wildman–Crippen MR) is 236 cm³/mol. The highest BCUT2D eigenvalue weighted by Gasteiger charge is 2.37. The summed E-state index contributed by atoms with van der Waals surface area (Å²) in [6, 6.07) is 1.67. The van der Waals surface area contributed by atoms with Gasteiger partial charge in [-0.2, -0.15) is 5.10 Å². The van der Waals surface area contributed by atoms with Crippen LogP contribution in [0.3, 0.4) is 0 Å². The Balaban J connectivity index is 0.705. The number of ether oxygens (including phenoxy) is 1. The van der Waals surface area contributed by atoms with Crippen LogP contribution >= 0.6 is 0 Å². The highest BCUT2D eigenvalue weighted by molar-refractivity contribution is 6.02. The number of amides is 3. The minimum absolute atomic E-state index is 0.0725. The van der Waals surface area contributed by atoms with Crippen molar-refractivity contribution in [2.45, 2.75) is 89.6 Å². The minimum atomic E-state index is -0.731. The smallest absolute Gasteiger partial charge is 0.249 e. The van der Waals surface area contributed by atoms with Gasteiger partial charge in [0.2, 0.25) is 17.7 Å². The number of piperazine rings is 1. The number of imide groups is 1. The minimum Gasteiger partial charge on any atom is -0.383 e. The largest absolute Gasteiger partial charge is 0.383 e. The first-order valence-electron chi connectivity index (χ1n) is 22.5. The first-order valence-corrected chi connectivity index (χ1v) is 22.5. The Morgan fingerprint density at radius 1 is 0.938 bits per heavy atom. The molecule has 4 N–H and O–H groups in total. The molecule has 0 bridgehead atoms. The number of halogens is 2. The van der Waals surface area contributed by atoms with Gasteiger partial charge in [-0.15, -0.1) is 0 Å². The van der Waals surface area contributed by atoms with Crippen LogP contribution < -0.4 is 21.3 Å². The molecule has 0 radical (unpaired) electrons. The Kier molecular flexibility index (Phi) is 12.5. The number of nitrogens with zero attached hydrogens (tertiary/aromatic N) is 10. The maximum Gasteiger partial charge on any atom is 0.249 e. The van der Waals surface area contributed by atoms with Crippen LogP contribution in [0.4, 0.5) is 26.0 Å². The van der Waals surface area contributed by atoms with Gasteiger partial charge in [0.1, 0.15) is 35.3 Å². The SMILES string of the molecule is CC(C)(C)n1nc(-c2noc(C3CC3)c2-c2ncc(CCOCCC(=O)N3CCC(CN4CCN(c5c(F)cc(N[C@@H]6CCC(=O)NC6=O)cc5F)CC4)CC3)cn2)c2c(N)ncnc21. The molecule has 7 heterocycles. The van der Waals surface area contributed by atoms with Gasteiger partial charge in [-0.1, -0.05) is 5.16 Å². The van der Waals surface area contributed by atoms with Crippen molar-refractivity contribution in [3.8, 4) is 22.8 Å². The Hall–Kier alpha value is -6.15. The van der Waals surface area contributed by atoms with E-state index in [0.717, 1.165) is 43.6 Å². The Morgan fingerprint density at radius 3 is 2.34 bits per heavy atom. The number of anilines is 3. The lowest BCUT2D eigenvalue weighted by molar-refractivity contribution is -0.134. The molecule has 65 heavy (non-hydrogen) atoms. The Bertz CT molecular complexity index is 2530. The maximum absolute atomic E-state index is 15.2. The van der Waals surface area contributed by atoms with Crippen LogP contribution in [0.5, 0.6) is 0 Å². The molecule has 1 saturated carbocycles. The average Bonchev–Trinajstić information content (AvgIpc) is 3.90. The summed E-state index contributed by atoms with van der Waals surface area (Å²) in [5.74, 6) is -0.00235. The molecule has 0 spiro atoms. The number of nitrogens with one attached hydrogen (secondary N) is 2. The number of nitrogens with two attached hydrogens (primary N) is 1. The standard InChI is InChI=1S/C45H55F2N13O5/c1-45(2,3)60-43-36(41(48)51-25-52-43)37(55-60)38-35(40(65-56-38)28-4-5-28)42-49-22-27(23-50-42)10-18-64-19-11-34(62)58-12-8-26(9-13-58)24-57-14-16-59(17-15-57)39-30(46)20-29(21-31(39)47)53-32-6-7-33(61)54-44(32)63/h20-23,25-26,28,32,53H,4-19,24H2,1-3H3,(H2,48,51,52)(H,54,61,63)/t32-/m1/s1. The first kappa shape index (κ1) is 44.1. The zero-order valence-corrected chi connectivity index (χ0v) is 37.0. The molecule has 20 heteroatoms. The molecule has 1 atom stereocenters. The summed E-state index contributed by atoms with van der Waals surface area (Å²) in [5.41, 5.74) is 9.30. The molecular weight excluding hydrogens is 841 g/mol. The number of likely N-dealkylation sites (tertiary alicyclic amines) is 1. The zero-order valence-electron chi connectivity index (χ0n) is 37.0. The lowest BCUT2D eigenvalue weighted by Crippen LogP contribution is -2.49. The molecule has 3 saturated heterocycles. The van der Waals surface area contributed by atoms with Crippen molar-refractivity contribution in [1.82, 2.24) is 50.0 Å². The number of carbonyl (C=O) groups is 3. The quantitative estimate of drug-likeness (QED) is 0.102. The Labute approximate surface area is 374 Å². The highest BCUT2D eigenvalue weighted by atomic mass is 19.1. The third-order valence-electron chi connectivity index (χ3n) is 12.7. The molecule has 0 unspecified atom stereocenters. The van der Waals surface area contributed by atoms with Gasteiger partial charge < -0.3 is 30.1 Å². The molecular formula is C45H55F2N13O5. The van der Waals surface area contributed by atoms with Gasteiger partial charge in [-0.25, -0.2) is 33.4 Å². The first-order chi connectivity index (χ1) is 31.3. The van der Waals surface area contributed by atoms with Crippen LogP contribution in [0.2, 0.25) is 0 Å². The molecule has 4 aliphatic rings. The normalized spacial score (nSPS) is 19.0. The number of carbonyl (C=O) groups excluding carboxylic acids is 3. The zero-order chi connectivity index (χ0) is 45.4. The van der Waals surface area contributed by atoms with Crippen molar-refractivity contribution in [3.63, 3.8) is 0 Å². The molecule has 3 amide bonds. The van der Waals surface area contributed by atoms with E-state index in [1.54, 1.807) is 17.3 Å². The van der Waals surface area contributed by atoms with E-state index in [1.165, 1.54) is 18.5 Å². The van der Waals surface area contributed by atoms with Crippen LogP contribution in [0, 0.1) is 17.6 Å². The van der Waals surface area contributed by atoms with Gasteiger partial charge in [0, 0.05) is 76.2 Å². The van der Waals surface area contributed by atoms with Crippen molar-refractivity contribution in [1.29, 1.82) is 0 Å². The summed E-state index contributed by atoms with van der Waals surface area (Å²) in [6.07, 6.45) is 10.1. The number of rotatable bonds is 14. The summed E-state index contributed by atoms with van der Waals surface area (Å²) in [5, 5.41) is 15.1. The van der Waals surface area contributed by atoms with Crippen LogP contribution in [0.15, 0.2) is 35.4 Å². The molecule has 4 aromatic heterocycles. The van der Waals surface area contributed by atoms with Crippen LogP contribution in [0.25, 0.3) is 33.8 Å². The number of aromatic nitrogens is 7. The van der Waals surface area contributed by atoms with E-state index in [1.807, 2.05) is 30.4 Å². The van der Waals surface area contributed by atoms with E-state index in [9.17, 15) is 14.4 Å². The van der Waals surface area contributed by atoms with Crippen molar-refractivity contribution < 1.29 is 32.4 Å². The fourth-order valence-electron chi connectivity index (χ4n) is 9.00. The summed E-state index contributed by atoms with van der Waals surface area (Å²) in [6.45, 7) is 11.4. The van der Waals surface area contributed by atoms with E-state index in [-0.39, 0.29) is 47.5 Å². The van der Waals surface area contributed by atoms with Gasteiger partial charge >= 0.3 is 0 Å². The summed E-state index contributed by atoms with van der Waals surface area (Å²) >= 11 is 0. The fraction of sp³-hybridized carbons (Fsp3) is 0.533. The van der Waals surface area contributed by atoms with Crippen molar-refractivity contribution in [2.75, 3.05) is 75.0 Å². The molecule has 1 aliphatic carbocycles. The molecule has 18 nitrogen and oxygen atoms in total. The van der Waals surface area contributed by atoms with Crippen LogP contribution in [-0.2, 0) is 31.1 Å². The van der Waals surface area contributed by atoms with Gasteiger partial charge in [-0.3, -0.25) is 24.6 Å². The fourth-order valence-corrected chi connectivity index (χ4v) is 9.00. The number of benzene rings is 1. The molecule has 344 valence electrons. The van der Waals surface area contributed by atoms with Crippen molar-refractivity contribution >= 4 is 45.9 Å². The van der Waals surface area contributed by atoms with Gasteiger partial charge in [-0.05, 0) is 82.9 Å². The average molecular weight is 896 g/mol. The van der Waals surface area contributed by atoms with Gasteiger partial charge in [0.05, 0.1) is 36.1 Å². The van der Waals surface area contributed by atoms with E-state index >= 15 is 8.78 Å². The van der Waals surface area contributed by atoms with E-state index in [0.29, 0.717) is 111 Å². The molecule has 3 aliphatic heterocycles. The molecule has 9 rings (SSSR count). The summed E-state index contributed by atoms with van der Waals surface area (Å²) in [4.78, 5) is 60.8. The molecule has 1 aromatic carbocycles. The predicted octanol–water partition coefficient (Wildman–Crippen LogP) is 4.66. The van der Waals surface area contributed by atoms with Crippen LogP contribution in [0.1, 0.15) is 83.0 Å². The summed E-state index contributed by atoms with van der Waals surface area (Å²) in [7, 11) is 0. The van der Waals surface area contributed by atoms with E-state index in [2.05, 4.69) is 30.7 Å². The lowest BCUT2D eigenvalue weighted by Gasteiger charge is -2.39. The monoisotopic (exact) mass is 895 g/mol. The number of nitrogen functional groups attached to an aromatic ring is 1. The van der Waals surface area contributed by atoms with Crippen molar-refractivity contribution in [3.05, 3.63) is 53.8 Å².